The first-order valence-electron chi connectivity index (χ1n) is 7.39. The molecule has 0 radical (unpaired) electrons. The van der Waals surface area contributed by atoms with Crippen LogP contribution in [0.1, 0.15) is 23.2 Å². The van der Waals surface area contributed by atoms with Gasteiger partial charge in [0.05, 0.1) is 6.10 Å². The van der Waals surface area contributed by atoms with E-state index in [9.17, 15) is 4.79 Å². The summed E-state index contributed by atoms with van der Waals surface area (Å²) in [6, 6.07) is 3.50. The summed E-state index contributed by atoms with van der Waals surface area (Å²) in [7, 11) is 4.04. The smallest absolute Gasteiger partial charge is 0.251 e. The van der Waals surface area contributed by atoms with E-state index in [1.54, 1.807) is 18.3 Å². The number of pyridine rings is 1. The van der Waals surface area contributed by atoms with E-state index in [1.807, 2.05) is 14.1 Å². The lowest BCUT2D eigenvalue weighted by Gasteiger charge is -2.12. The highest BCUT2D eigenvalue weighted by molar-refractivity contribution is 5.94. The van der Waals surface area contributed by atoms with E-state index in [-0.39, 0.29) is 12.0 Å². The third kappa shape index (κ3) is 5.32. The van der Waals surface area contributed by atoms with Crippen molar-refractivity contribution in [2.75, 3.05) is 45.7 Å². The Morgan fingerprint density at radius 2 is 2.38 bits per heavy atom. The van der Waals surface area contributed by atoms with E-state index in [2.05, 4.69) is 20.5 Å². The minimum Gasteiger partial charge on any atom is -0.376 e. The fourth-order valence-electron chi connectivity index (χ4n) is 2.19. The largest absolute Gasteiger partial charge is 0.376 e. The van der Waals surface area contributed by atoms with Gasteiger partial charge >= 0.3 is 0 Å². The minimum atomic E-state index is -0.0800. The first-order valence-corrected chi connectivity index (χ1v) is 7.39. The molecule has 1 aliphatic heterocycles. The predicted octanol–water partition coefficient (Wildman–Crippen LogP) is 0.964. The van der Waals surface area contributed by atoms with Crippen LogP contribution in [-0.2, 0) is 4.74 Å². The number of anilines is 1. The van der Waals surface area contributed by atoms with Gasteiger partial charge in [0.1, 0.15) is 5.82 Å². The van der Waals surface area contributed by atoms with Crippen molar-refractivity contribution in [1.82, 2.24) is 15.2 Å². The normalized spacial score (nSPS) is 18.0. The highest BCUT2D eigenvalue weighted by atomic mass is 16.5. The Bertz CT molecular complexity index is 459. The van der Waals surface area contributed by atoms with Crippen molar-refractivity contribution in [2.24, 2.45) is 0 Å². The summed E-state index contributed by atoms with van der Waals surface area (Å²) in [5.41, 5.74) is 0.621. The molecule has 1 atom stereocenters. The molecule has 0 bridgehead atoms. The zero-order chi connectivity index (χ0) is 15.1. The van der Waals surface area contributed by atoms with Crippen molar-refractivity contribution in [3.63, 3.8) is 0 Å². The van der Waals surface area contributed by atoms with E-state index in [4.69, 9.17) is 4.74 Å². The van der Waals surface area contributed by atoms with Gasteiger partial charge in [-0.05, 0) is 39.1 Å². The van der Waals surface area contributed by atoms with Gasteiger partial charge in [-0.25, -0.2) is 4.98 Å². The van der Waals surface area contributed by atoms with Crippen molar-refractivity contribution in [1.29, 1.82) is 0 Å². The summed E-state index contributed by atoms with van der Waals surface area (Å²) in [5, 5.41) is 6.13. The number of carbonyl (C=O) groups is 1. The standard InChI is InChI=1S/C15H24N4O2/c1-19(2)8-7-17-14-10-12(5-6-16-14)15(20)18-11-13-4-3-9-21-13/h5-6,10,13H,3-4,7-9,11H2,1-2H3,(H,16,17)(H,18,20). The van der Waals surface area contributed by atoms with E-state index >= 15 is 0 Å². The maximum atomic E-state index is 12.1. The van der Waals surface area contributed by atoms with E-state index in [1.165, 1.54) is 0 Å². The second-order valence-electron chi connectivity index (χ2n) is 5.50. The minimum absolute atomic E-state index is 0.0800. The lowest BCUT2D eigenvalue weighted by Crippen LogP contribution is -2.31. The van der Waals surface area contributed by atoms with Gasteiger partial charge in [0, 0.05) is 38.0 Å². The number of nitrogens with one attached hydrogen (secondary N) is 2. The van der Waals surface area contributed by atoms with E-state index < -0.39 is 0 Å². The summed E-state index contributed by atoms with van der Waals surface area (Å²) in [6.45, 7) is 3.08. The molecule has 6 heteroatoms. The van der Waals surface area contributed by atoms with E-state index in [0.29, 0.717) is 12.1 Å². The fraction of sp³-hybridized carbons (Fsp3) is 0.600. The molecule has 1 amide bonds. The SMILES string of the molecule is CN(C)CCNc1cc(C(=O)NCC2CCCO2)ccn1. The first-order chi connectivity index (χ1) is 10.1. The van der Waals surface area contributed by atoms with Gasteiger partial charge in [0.2, 0.25) is 0 Å². The molecule has 0 aliphatic carbocycles. The molecule has 0 saturated carbocycles. The number of hydrogen-bond acceptors (Lipinski definition) is 5. The number of hydrogen-bond donors (Lipinski definition) is 2. The average Bonchev–Trinajstić information content (AvgIpc) is 2.98. The maximum absolute atomic E-state index is 12.1. The lowest BCUT2D eigenvalue weighted by atomic mass is 10.2. The highest BCUT2D eigenvalue weighted by Gasteiger charge is 2.16. The summed E-state index contributed by atoms with van der Waals surface area (Å²) in [4.78, 5) is 18.4. The summed E-state index contributed by atoms with van der Waals surface area (Å²) >= 11 is 0. The molecule has 1 fully saturated rings. The van der Waals surface area contributed by atoms with E-state index in [0.717, 1.165) is 38.4 Å². The number of nitrogens with zero attached hydrogens (tertiary/aromatic N) is 2. The zero-order valence-electron chi connectivity index (χ0n) is 12.8. The van der Waals surface area contributed by atoms with Crippen LogP contribution >= 0.6 is 0 Å². The van der Waals surface area contributed by atoms with Gasteiger partial charge in [-0.15, -0.1) is 0 Å². The second kappa shape index (κ2) is 7.95. The number of carbonyl (C=O) groups excluding carboxylic acids is 1. The number of amides is 1. The predicted molar refractivity (Wildman–Crippen MR) is 82.6 cm³/mol. The van der Waals surface area contributed by atoms with Gasteiger partial charge in [-0.2, -0.15) is 0 Å². The molecule has 2 rings (SSSR count). The molecule has 0 aromatic carbocycles. The molecule has 2 heterocycles. The first kappa shape index (κ1) is 15.7. The molecule has 21 heavy (non-hydrogen) atoms. The number of rotatable bonds is 7. The van der Waals surface area contributed by atoms with Crippen LogP contribution in [-0.4, -0.2) is 62.2 Å². The van der Waals surface area contributed by atoms with Gasteiger partial charge in [0.15, 0.2) is 0 Å². The molecule has 6 nitrogen and oxygen atoms in total. The van der Waals surface area contributed by atoms with Crippen LogP contribution in [0.4, 0.5) is 5.82 Å². The van der Waals surface area contributed by atoms with Crippen LogP contribution in [0.3, 0.4) is 0 Å². The molecule has 1 unspecified atom stereocenters. The average molecular weight is 292 g/mol. The van der Waals surface area contributed by atoms with Crippen LogP contribution < -0.4 is 10.6 Å². The number of aromatic nitrogens is 1. The third-order valence-electron chi connectivity index (χ3n) is 3.40. The molecule has 1 aliphatic rings. The topological polar surface area (TPSA) is 66.5 Å². The second-order valence-corrected chi connectivity index (χ2v) is 5.50. The van der Waals surface area contributed by atoms with Crippen molar-refractivity contribution >= 4 is 11.7 Å². The molecular weight excluding hydrogens is 268 g/mol. The van der Waals surface area contributed by atoms with Gasteiger partial charge in [0.25, 0.3) is 5.91 Å². The van der Waals surface area contributed by atoms with Crippen LogP contribution in [0.2, 0.25) is 0 Å². The number of likely N-dealkylation sites (N-methyl/N-ethyl adjacent to an activating group) is 1. The maximum Gasteiger partial charge on any atom is 0.251 e. The molecule has 1 aromatic heterocycles. The molecule has 1 aromatic rings. The Kier molecular flexibility index (Phi) is 5.95. The molecule has 0 spiro atoms. The van der Waals surface area contributed by atoms with Crippen LogP contribution in [0, 0.1) is 0 Å². The Morgan fingerprint density at radius 3 is 3.10 bits per heavy atom. The van der Waals surface area contributed by atoms with Gasteiger partial charge in [-0.1, -0.05) is 0 Å². The molecule has 1 saturated heterocycles. The summed E-state index contributed by atoms with van der Waals surface area (Å²) in [5.74, 6) is 0.644. The van der Waals surface area contributed by atoms with Crippen molar-refractivity contribution in [3.8, 4) is 0 Å². The molecular formula is C15H24N4O2. The quantitative estimate of drug-likeness (QED) is 0.784. The highest BCUT2D eigenvalue weighted by Crippen LogP contribution is 2.11. The Hall–Kier alpha value is -1.66. The van der Waals surface area contributed by atoms with Crippen LogP contribution in [0.5, 0.6) is 0 Å². The fourth-order valence-corrected chi connectivity index (χ4v) is 2.19. The molecule has 2 N–H and O–H groups in total. The van der Waals surface area contributed by atoms with Gasteiger partial charge < -0.3 is 20.3 Å². The zero-order valence-corrected chi connectivity index (χ0v) is 12.8. The van der Waals surface area contributed by atoms with Crippen molar-refractivity contribution < 1.29 is 9.53 Å². The molecule has 116 valence electrons. The van der Waals surface area contributed by atoms with Crippen LogP contribution in [0.25, 0.3) is 0 Å². The number of ether oxygens (including phenoxy) is 1. The van der Waals surface area contributed by atoms with Crippen molar-refractivity contribution in [2.45, 2.75) is 18.9 Å². The van der Waals surface area contributed by atoms with Crippen molar-refractivity contribution in [3.05, 3.63) is 23.9 Å². The summed E-state index contributed by atoms with van der Waals surface area (Å²) < 4.78 is 5.49. The Labute approximate surface area is 125 Å². The Balaban J connectivity index is 1.82. The monoisotopic (exact) mass is 292 g/mol. The third-order valence-corrected chi connectivity index (χ3v) is 3.40. The Morgan fingerprint density at radius 1 is 1.52 bits per heavy atom. The summed E-state index contributed by atoms with van der Waals surface area (Å²) in [6.07, 6.45) is 3.91. The lowest BCUT2D eigenvalue weighted by molar-refractivity contribution is 0.0857. The van der Waals surface area contributed by atoms with Gasteiger partial charge in [-0.3, -0.25) is 4.79 Å². The van der Waals surface area contributed by atoms with Crippen LogP contribution in [0.15, 0.2) is 18.3 Å².